The summed E-state index contributed by atoms with van der Waals surface area (Å²) in [7, 11) is 2.11. The molecule has 0 spiro atoms. The van der Waals surface area contributed by atoms with Gasteiger partial charge in [0.1, 0.15) is 16.6 Å². The summed E-state index contributed by atoms with van der Waals surface area (Å²) in [5, 5.41) is 0. The van der Waals surface area contributed by atoms with Crippen molar-refractivity contribution in [3.05, 3.63) is 48.0 Å². The van der Waals surface area contributed by atoms with E-state index in [4.69, 9.17) is 16.6 Å². The molecule has 0 unspecified atom stereocenters. The van der Waals surface area contributed by atoms with Crippen molar-refractivity contribution in [1.82, 2.24) is 9.80 Å². The van der Waals surface area contributed by atoms with Gasteiger partial charge in [-0.2, -0.15) is 0 Å². The van der Waals surface area contributed by atoms with E-state index >= 15 is 0 Å². The number of piperazine rings is 1. The zero-order chi connectivity index (χ0) is 14.8. The number of likely N-dealkylation sites (N-methyl/N-ethyl adjacent to an activating group) is 1. The van der Waals surface area contributed by atoms with E-state index in [-0.39, 0.29) is 5.82 Å². The quantitative estimate of drug-likeness (QED) is 0.794. The first-order valence-corrected chi connectivity index (χ1v) is 7.38. The van der Waals surface area contributed by atoms with Crippen LogP contribution >= 0.6 is 12.2 Å². The highest BCUT2D eigenvalue weighted by Crippen LogP contribution is 2.23. The Hall–Kier alpha value is -1.72. The maximum atomic E-state index is 12.9. The molecule has 0 amide bonds. The minimum absolute atomic E-state index is 0.251. The van der Waals surface area contributed by atoms with Gasteiger partial charge in [-0.3, -0.25) is 0 Å². The Kier molecular flexibility index (Phi) is 4.03. The Morgan fingerprint density at radius 3 is 2.38 bits per heavy atom. The molecule has 0 bridgehead atoms. The van der Waals surface area contributed by atoms with Gasteiger partial charge in [0, 0.05) is 31.7 Å². The third-order valence-electron chi connectivity index (χ3n) is 3.74. The molecule has 1 aliphatic rings. The van der Waals surface area contributed by atoms with Gasteiger partial charge in [-0.15, -0.1) is 0 Å². The monoisotopic (exact) mass is 304 g/mol. The molecule has 110 valence electrons. The van der Waals surface area contributed by atoms with Gasteiger partial charge < -0.3 is 14.2 Å². The fourth-order valence-corrected chi connectivity index (χ4v) is 2.68. The van der Waals surface area contributed by atoms with Crippen LogP contribution in [0.1, 0.15) is 5.76 Å². The van der Waals surface area contributed by atoms with E-state index in [9.17, 15) is 4.39 Å². The summed E-state index contributed by atoms with van der Waals surface area (Å²) in [4.78, 5) is 5.20. The molecule has 1 fully saturated rings. The zero-order valence-corrected chi connectivity index (χ0v) is 12.7. The second-order valence-corrected chi connectivity index (χ2v) is 5.65. The molecule has 2 heterocycles. The highest BCUT2D eigenvalue weighted by atomic mass is 32.1. The van der Waals surface area contributed by atoms with Crippen LogP contribution in [0.3, 0.4) is 0 Å². The molecule has 0 atom stereocenters. The highest BCUT2D eigenvalue weighted by Gasteiger charge is 2.19. The molecule has 0 saturated carbocycles. The summed E-state index contributed by atoms with van der Waals surface area (Å²) in [5.41, 5.74) is 0.851. The maximum absolute atomic E-state index is 12.9. The molecule has 0 radical (unpaired) electrons. The molecule has 3 rings (SSSR count). The summed E-state index contributed by atoms with van der Waals surface area (Å²) < 4.78 is 18.8. The molecule has 21 heavy (non-hydrogen) atoms. The van der Waals surface area contributed by atoms with E-state index in [0.717, 1.165) is 36.7 Å². The SMILES string of the molecule is CN1CCN(C(=S)c2ccc(-c3ccc(F)cc3)o2)CC1. The molecular formula is C16H17FN2OS. The van der Waals surface area contributed by atoms with Crippen molar-refractivity contribution in [1.29, 1.82) is 0 Å². The van der Waals surface area contributed by atoms with Crippen molar-refractivity contribution in [2.45, 2.75) is 0 Å². The Morgan fingerprint density at radius 2 is 1.71 bits per heavy atom. The predicted molar refractivity (Wildman–Crippen MR) is 84.9 cm³/mol. The van der Waals surface area contributed by atoms with Gasteiger partial charge in [-0.1, -0.05) is 12.2 Å². The smallest absolute Gasteiger partial charge is 0.162 e. The fraction of sp³-hybridized carbons (Fsp3) is 0.312. The Morgan fingerprint density at radius 1 is 1.05 bits per heavy atom. The van der Waals surface area contributed by atoms with Gasteiger partial charge in [-0.25, -0.2) is 4.39 Å². The van der Waals surface area contributed by atoms with E-state index in [1.54, 1.807) is 12.1 Å². The minimum atomic E-state index is -0.251. The maximum Gasteiger partial charge on any atom is 0.162 e. The van der Waals surface area contributed by atoms with Crippen molar-refractivity contribution in [2.75, 3.05) is 33.2 Å². The molecule has 0 N–H and O–H groups in total. The lowest BCUT2D eigenvalue weighted by Gasteiger charge is -2.33. The van der Waals surface area contributed by atoms with Crippen LogP contribution in [0.4, 0.5) is 4.39 Å². The summed E-state index contributed by atoms with van der Waals surface area (Å²) >= 11 is 5.52. The number of hydrogen-bond donors (Lipinski definition) is 0. The highest BCUT2D eigenvalue weighted by molar-refractivity contribution is 7.80. The summed E-state index contributed by atoms with van der Waals surface area (Å²) in [5.74, 6) is 1.16. The molecule has 2 aromatic rings. The van der Waals surface area contributed by atoms with Crippen molar-refractivity contribution < 1.29 is 8.81 Å². The molecule has 0 aliphatic carbocycles. The second-order valence-electron chi connectivity index (χ2n) is 5.27. The van der Waals surface area contributed by atoms with Crippen molar-refractivity contribution in [3.8, 4) is 11.3 Å². The van der Waals surface area contributed by atoms with E-state index in [2.05, 4.69) is 16.8 Å². The first-order chi connectivity index (χ1) is 10.1. The fourth-order valence-electron chi connectivity index (χ4n) is 2.39. The number of furan rings is 1. The van der Waals surface area contributed by atoms with Crippen molar-refractivity contribution in [3.63, 3.8) is 0 Å². The lowest BCUT2D eigenvalue weighted by atomic mass is 10.2. The summed E-state index contributed by atoms with van der Waals surface area (Å²) in [6.07, 6.45) is 0. The van der Waals surface area contributed by atoms with Crippen LogP contribution in [0, 0.1) is 5.82 Å². The molecule has 1 saturated heterocycles. The lowest BCUT2D eigenvalue weighted by Crippen LogP contribution is -2.46. The van der Waals surface area contributed by atoms with Gasteiger partial charge in [0.2, 0.25) is 0 Å². The summed E-state index contributed by atoms with van der Waals surface area (Å²) in [6.45, 7) is 3.85. The van der Waals surface area contributed by atoms with Crippen molar-refractivity contribution in [2.24, 2.45) is 0 Å². The average Bonchev–Trinajstić information content (AvgIpc) is 2.98. The molecule has 1 aliphatic heterocycles. The Labute approximate surface area is 129 Å². The molecule has 5 heteroatoms. The standard InChI is InChI=1S/C16H17FN2OS/c1-18-8-10-19(11-9-18)16(21)15-7-6-14(20-15)12-2-4-13(17)5-3-12/h2-7H,8-11H2,1H3. The van der Waals surface area contributed by atoms with Crippen LogP contribution in [0.15, 0.2) is 40.8 Å². The lowest BCUT2D eigenvalue weighted by molar-refractivity contribution is 0.216. The van der Waals surface area contributed by atoms with E-state index in [0.29, 0.717) is 11.5 Å². The van der Waals surface area contributed by atoms with Gasteiger partial charge in [0.05, 0.1) is 0 Å². The molecule has 1 aromatic heterocycles. The number of benzene rings is 1. The molecule has 1 aromatic carbocycles. The Bertz CT molecular complexity index is 630. The predicted octanol–water partition coefficient (Wildman–Crippen LogP) is 3.01. The van der Waals surface area contributed by atoms with Crippen LogP contribution in [-0.2, 0) is 0 Å². The van der Waals surface area contributed by atoms with Crippen molar-refractivity contribution >= 4 is 17.2 Å². The van der Waals surface area contributed by atoms with Gasteiger partial charge in [-0.05, 0) is 43.4 Å². The number of nitrogens with zero attached hydrogens (tertiary/aromatic N) is 2. The third kappa shape index (κ3) is 3.14. The number of hydrogen-bond acceptors (Lipinski definition) is 3. The van der Waals surface area contributed by atoms with E-state index in [1.807, 2.05) is 12.1 Å². The van der Waals surface area contributed by atoms with Crippen LogP contribution in [0.2, 0.25) is 0 Å². The number of rotatable bonds is 2. The van der Waals surface area contributed by atoms with E-state index < -0.39 is 0 Å². The minimum Gasteiger partial charge on any atom is -0.454 e. The third-order valence-corrected chi connectivity index (χ3v) is 4.20. The number of thiocarbonyl (C=S) groups is 1. The second kappa shape index (κ2) is 5.95. The topological polar surface area (TPSA) is 19.6 Å². The van der Waals surface area contributed by atoms with Gasteiger partial charge >= 0.3 is 0 Å². The number of halogens is 1. The average molecular weight is 304 g/mol. The first kappa shape index (κ1) is 14.2. The largest absolute Gasteiger partial charge is 0.454 e. The van der Waals surface area contributed by atoms with Gasteiger partial charge in [0.15, 0.2) is 5.76 Å². The summed E-state index contributed by atoms with van der Waals surface area (Å²) in [6, 6.07) is 10.0. The van der Waals surface area contributed by atoms with Crippen LogP contribution in [0.25, 0.3) is 11.3 Å². The van der Waals surface area contributed by atoms with Crippen LogP contribution < -0.4 is 0 Å². The van der Waals surface area contributed by atoms with Crippen LogP contribution in [-0.4, -0.2) is 48.0 Å². The molecule has 3 nitrogen and oxygen atoms in total. The first-order valence-electron chi connectivity index (χ1n) is 6.97. The molecular weight excluding hydrogens is 287 g/mol. The normalized spacial score (nSPS) is 16.2. The van der Waals surface area contributed by atoms with E-state index in [1.165, 1.54) is 12.1 Å². The Balaban J connectivity index is 1.75. The van der Waals surface area contributed by atoms with Gasteiger partial charge in [0.25, 0.3) is 0 Å². The zero-order valence-electron chi connectivity index (χ0n) is 11.9. The van der Waals surface area contributed by atoms with Crippen LogP contribution in [0.5, 0.6) is 0 Å².